The van der Waals surface area contributed by atoms with Crippen molar-refractivity contribution in [3.05, 3.63) is 58.0 Å². The van der Waals surface area contributed by atoms with E-state index in [9.17, 15) is 14.9 Å². The number of nitrogens with one attached hydrogen (secondary N) is 2. The Morgan fingerprint density at radius 3 is 2.60 bits per heavy atom. The van der Waals surface area contributed by atoms with Crippen LogP contribution >= 0.6 is 0 Å². The number of carbonyl (C=O) groups is 1. The van der Waals surface area contributed by atoms with Gasteiger partial charge in [0.1, 0.15) is 5.71 Å². The topological polar surface area (TPSA) is 133 Å². The molecule has 0 fully saturated rings. The molecule has 0 aliphatic heterocycles. The van der Waals surface area contributed by atoms with Crippen LogP contribution in [0.15, 0.2) is 36.7 Å². The SMILES string of the molecule is Cc1[nH]c2ccc(-c3ccncc3)c([N+](=O)[O-])c2c1CC(=N)C(=O)O. The number of fused-ring (bicyclic) bond motifs is 1. The van der Waals surface area contributed by atoms with Crippen molar-refractivity contribution in [1.29, 1.82) is 5.41 Å². The summed E-state index contributed by atoms with van der Waals surface area (Å²) >= 11 is 0. The number of aromatic nitrogens is 2. The van der Waals surface area contributed by atoms with Gasteiger partial charge in [-0.3, -0.25) is 20.5 Å². The molecule has 0 saturated heterocycles. The number of H-pyrrole nitrogens is 1. The molecule has 126 valence electrons. The molecular weight excluding hydrogens is 324 g/mol. The fourth-order valence-electron chi connectivity index (χ4n) is 2.89. The predicted octanol–water partition coefficient (Wildman–Crippen LogP) is 3.09. The van der Waals surface area contributed by atoms with Crippen LogP contribution in [0.3, 0.4) is 0 Å². The minimum atomic E-state index is -1.35. The number of benzene rings is 1. The molecule has 0 aliphatic rings. The molecule has 0 spiro atoms. The molecule has 3 N–H and O–H groups in total. The molecular formula is C17H14N4O4. The maximum atomic E-state index is 11.8. The number of nitrogens with zero attached hydrogens (tertiary/aromatic N) is 2. The van der Waals surface area contributed by atoms with E-state index in [0.717, 1.165) is 0 Å². The van der Waals surface area contributed by atoms with Crippen molar-refractivity contribution in [2.45, 2.75) is 13.3 Å². The van der Waals surface area contributed by atoms with Gasteiger partial charge >= 0.3 is 5.97 Å². The van der Waals surface area contributed by atoms with E-state index in [1.54, 1.807) is 43.6 Å². The number of hydrogen-bond acceptors (Lipinski definition) is 5. The largest absolute Gasteiger partial charge is 0.477 e. The third-order valence-corrected chi connectivity index (χ3v) is 4.04. The molecule has 0 saturated carbocycles. The molecule has 8 nitrogen and oxygen atoms in total. The summed E-state index contributed by atoms with van der Waals surface area (Å²) in [7, 11) is 0. The number of pyridine rings is 1. The van der Waals surface area contributed by atoms with Gasteiger partial charge in [-0.15, -0.1) is 0 Å². The summed E-state index contributed by atoms with van der Waals surface area (Å²) in [5.74, 6) is -1.35. The van der Waals surface area contributed by atoms with Crippen molar-refractivity contribution in [2.24, 2.45) is 0 Å². The van der Waals surface area contributed by atoms with Gasteiger partial charge in [0.2, 0.25) is 0 Å². The Morgan fingerprint density at radius 2 is 2.00 bits per heavy atom. The molecule has 0 atom stereocenters. The molecule has 0 radical (unpaired) electrons. The minimum Gasteiger partial charge on any atom is -0.477 e. The Hall–Kier alpha value is -3.55. The summed E-state index contributed by atoms with van der Waals surface area (Å²) in [6, 6.07) is 6.72. The normalized spacial score (nSPS) is 10.8. The second-order valence-electron chi connectivity index (χ2n) is 5.57. The van der Waals surface area contributed by atoms with Crippen molar-refractivity contribution in [2.75, 3.05) is 0 Å². The van der Waals surface area contributed by atoms with Crippen LogP contribution in [0, 0.1) is 22.4 Å². The lowest BCUT2D eigenvalue weighted by atomic mass is 9.97. The summed E-state index contributed by atoms with van der Waals surface area (Å²) < 4.78 is 0. The van der Waals surface area contributed by atoms with Crippen LogP contribution < -0.4 is 0 Å². The lowest BCUT2D eigenvalue weighted by molar-refractivity contribution is -0.382. The number of nitro benzene ring substituents is 1. The van der Waals surface area contributed by atoms with Gasteiger partial charge in [-0.05, 0) is 42.3 Å². The molecule has 0 bridgehead atoms. The minimum absolute atomic E-state index is 0.110. The lowest BCUT2D eigenvalue weighted by Crippen LogP contribution is -2.14. The molecule has 0 aliphatic carbocycles. The fourth-order valence-corrected chi connectivity index (χ4v) is 2.89. The first-order chi connectivity index (χ1) is 11.9. The average molecular weight is 338 g/mol. The fraction of sp³-hybridized carbons (Fsp3) is 0.118. The van der Waals surface area contributed by atoms with Crippen LogP contribution in [-0.2, 0) is 11.2 Å². The molecule has 1 aromatic carbocycles. The highest BCUT2D eigenvalue weighted by Gasteiger charge is 2.26. The molecule has 0 amide bonds. The van der Waals surface area contributed by atoms with Crippen molar-refractivity contribution in [3.8, 4) is 11.1 Å². The highest BCUT2D eigenvalue weighted by Crippen LogP contribution is 2.39. The lowest BCUT2D eigenvalue weighted by Gasteiger charge is -2.06. The van der Waals surface area contributed by atoms with Gasteiger partial charge in [-0.25, -0.2) is 4.79 Å². The molecule has 25 heavy (non-hydrogen) atoms. The Kier molecular flexibility index (Phi) is 4.02. The Balaban J connectivity index is 2.32. The first kappa shape index (κ1) is 16.3. The summed E-state index contributed by atoms with van der Waals surface area (Å²) in [4.78, 5) is 29.3. The second kappa shape index (κ2) is 6.16. The summed E-state index contributed by atoms with van der Waals surface area (Å²) in [6.07, 6.45) is 2.90. The maximum Gasteiger partial charge on any atom is 0.349 e. The van der Waals surface area contributed by atoms with Gasteiger partial charge in [0.05, 0.1) is 21.4 Å². The zero-order chi connectivity index (χ0) is 18.1. The van der Waals surface area contributed by atoms with Crippen LogP contribution in [-0.4, -0.2) is 31.7 Å². The first-order valence-corrected chi connectivity index (χ1v) is 7.39. The standard InChI is InChI=1S/C17H14N4O4/c1-9-12(8-13(18)17(22)23)15-14(20-9)3-2-11(16(15)21(24)25)10-4-6-19-7-5-10/h2-7,18,20H,8H2,1H3,(H,22,23). The number of aliphatic carboxylic acids is 1. The molecule has 3 aromatic rings. The Bertz CT molecular complexity index is 1010. The smallest absolute Gasteiger partial charge is 0.349 e. The summed E-state index contributed by atoms with van der Waals surface area (Å²) in [6.45, 7) is 1.71. The van der Waals surface area contributed by atoms with Gasteiger partial charge in [0, 0.05) is 24.5 Å². The summed E-state index contributed by atoms with van der Waals surface area (Å²) in [5.41, 5.74) is 2.02. The number of rotatable bonds is 5. The van der Waals surface area contributed by atoms with E-state index in [2.05, 4.69) is 9.97 Å². The highest BCUT2D eigenvalue weighted by molar-refractivity contribution is 6.35. The van der Waals surface area contributed by atoms with Crippen LogP contribution in [0.1, 0.15) is 11.3 Å². The zero-order valence-electron chi connectivity index (χ0n) is 13.2. The van der Waals surface area contributed by atoms with Gasteiger partial charge in [0.25, 0.3) is 5.69 Å². The average Bonchev–Trinajstić information content (AvgIpc) is 2.90. The number of aryl methyl sites for hydroxylation is 1. The number of carboxylic acids is 1. The monoisotopic (exact) mass is 338 g/mol. The Labute approximate surface area is 141 Å². The molecule has 2 aromatic heterocycles. The van der Waals surface area contributed by atoms with Gasteiger partial charge in [-0.2, -0.15) is 0 Å². The van der Waals surface area contributed by atoms with Gasteiger partial charge in [0.15, 0.2) is 0 Å². The van der Waals surface area contributed by atoms with E-state index in [0.29, 0.717) is 33.3 Å². The quantitative estimate of drug-likeness (QED) is 0.373. The Morgan fingerprint density at radius 1 is 1.32 bits per heavy atom. The zero-order valence-corrected chi connectivity index (χ0v) is 13.2. The molecule has 0 unspecified atom stereocenters. The van der Waals surface area contributed by atoms with E-state index in [1.165, 1.54) is 0 Å². The van der Waals surface area contributed by atoms with Gasteiger partial charge in [-0.1, -0.05) is 0 Å². The number of aromatic amines is 1. The van der Waals surface area contributed by atoms with Crippen molar-refractivity contribution < 1.29 is 14.8 Å². The van der Waals surface area contributed by atoms with E-state index in [4.69, 9.17) is 10.5 Å². The van der Waals surface area contributed by atoms with Crippen LogP contribution in [0.2, 0.25) is 0 Å². The third kappa shape index (κ3) is 2.85. The van der Waals surface area contributed by atoms with Crippen LogP contribution in [0.25, 0.3) is 22.0 Å². The van der Waals surface area contributed by atoms with E-state index >= 15 is 0 Å². The van der Waals surface area contributed by atoms with Crippen molar-refractivity contribution in [1.82, 2.24) is 9.97 Å². The van der Waals surface area contributed by atoms with E-state index < -0.39 is 16.6 Å². The predicted molar refractivity (Wildman–Crippen MR) is 92.0 cm³/mol. The van der Waals surface area contributed by atoms with Crippen molar-refractivity contribution >= 4 is 28.3 Å². The van der Waals surface area contributed by atoms with E-state index in [1.807, 2.05) is 0 Å². The highest BCUT2D eigenvalue weighted by atomic mass is 16.6. The van der Waals surface area contributed by atoms with Crippen LogP contribution in [0.5, 0.6) is 0 Å². The maximum absolute atomic E-state index is 11.8. The molecule has 2 heterocycles. The second-order valence-corrected chi connectivity index (χ2v) is 5.57. The third-order valence-electron chi connectivity index (χ3n) is 4.04. The van der Waals surface area contributed by atoms with Crippen LogP contribution in [0.4, 0.5) is 5.69 Å². The summed E-state index contributed by atoms with van der Waals surface area (Å²) in [5, 5.41) is 28.7. The first-order valence-electron chi connectivity index (χ1n) is 7.39. The number of nitro groups is 1. The van der Waals surface area contributed by atoms with Crippen molar-refractivity contribution in [3.63, 3.8) is 0 Å². The number of hydrogen-bond donors (Lipinski definition) is 3. The number of carboxylic acid groups (broad SMARTS) is 1. The molecule has 3 rings (SSSR count). The molecule has 8 heteroatoms. The van der Waals surface area contributed by atoms with Gasteiger partial charge < -0.3 is 10.1 Å². The van der Waals surface area contributed by atoms with E-state index in [-0.39, 0.29) is 12.1 Å².